The third-order valence-corrected chi connectivity index (χ3v) is 7.40. The summed E-state index contributed by atoms with van der Waals surface area (Å²) in [5, 5.41) is 4.35. The Morgan fingerprint density at radius 1 is 1.50 bits per heavy atom. The van der Waals surface area contributed by atoms with Gasteiger partial charge in [0.15, 0.2) is 0 Å². The first kappa shape index (κ1) is 15.8. The summed E-state index contributed by atoms with van der Waals surface area (Å²) in [6.45, 7) is 9.73. The van der Waals surface area contributed by atoms with E-state index in [2.05, 4.69) is 31.1 Å². The fourth-order valence-electron chi connectivity index (χ4n) is 4.47. The molecule has 5 heteroatoms. The van der Waals surface area contributed by atoms with Crippen molar-refractivity contribution in [1.29, 1.82) is 0 Å². The van der Waals surface area contributed by atoms with Gasteiger partial charge in [0, 0.05) is 24.2 Å². The first-order chi connectivity index (χ1) is 10.2. The number of carbonyl (C=O) groups excluding carboxylic acids is 1. The van der Waals surface area contributed by atoms with E-state index in [1.54, 1.807) is 16.2 Å². The molecule has 0 aromatic carbocycles. The number of amides is 2. The Labute approximate surface area is 137 Å². The fourth-order valence-corrected chi connectivity index (χ4v) is 5.31. The van der Waals surface area contributed by atoms with Crippen LogP contribution < -0.4 is 5.32 Å². The van der Waals surface area contributed by atoms with Crippen molar-refractivity contribution >= 4 is 17.4 Å². The maximum absolute atomic E-state index is 12.5. The topological polar surface area (TPSA) is 45.2 Å². The van der Waals surface area contributed by atoms with Crippen molar-refractivity contribution < 1.29 is 4.79 Å². The zero-order chi connectivity index (χ0) is 16.1. The van der Waals surface area contributed by atoms with Gasteiger partial charge in [0.1, 0.15) is 0 Å². The van der Waals surface area contributed by atoms with E-state index in [4.69, 9.17) is 0 Å². The lowest BCUT2D eigenvalue weighted by atomic mass is 9.69. The smallest absolute Gasteiger partial charge is 0.317 e. The third-order valence-electron chi connectivity index (χ3n) is 6.50. The first-order valence-corrected chi connectivity index (χ1v) is 8.98. The van der Waals surface area contributed by atoms with Gasteiger partial charge in [-0.1, -0.05) is 20.8 Å². The number of nitrogens with one attached hydrogen (secondary N) is 1. The molecule has 3 rings (SSSR count). The van der Waals surface area contributed by atoms with Crippen molar-refractivity contribution in [1.82, 2.24) is 15.2 Å². The number of thiazole rings is 1. The lowest BCUT2D eigenvalue weighted by molar-refractivity contribution is 0.119. The Bertz CT molecular complexity index is 582. The van der Waals surface area contributed by atoms with Crippen LogP contribution in [-0.2, 0) is 6.54 Å². The first-order valence-electron chi connectivity index (χ1n) is 8.17. The highest BCUT2D eigenvalue weighted by Crippen LogP contribution is 2.65. The summed E-state index contributed by atoms with van der Waals surface area (Å²) in [5.41, 5.74) is 0.563. The van der Waals surface area contributed by atoms with Gasteiger partial charge in [-0.25, -0.2) is 9.78 Å². The second-order valence-electron chi connectivity index (χ2n) is 7.81. The second kappa shape index (κ2) is 5.22. The third kappa shape index (κ3) is 2.34. The molecule has 0 spiro atoms. The fraction of sp³-hybridized carbons (Fsp3) is 0.765. The molecule has 1 aromatic rings. The summed E-state index contributed by atoms with van der Waals surface area (Å²) >= 11 is 1.65. The number of nitrogens with zero attached hydrogens (tertiary/aromatic N) is 2. The van der Waals surface area contributed by atoms with Crippen molar-refractivity contribution in [2.75, 3.05) is 7.05 Å². The van der Waals surface area contributed by atoms with Crippen LogP contribution in [0.15, 0.2) is 6.20 Å². The van der Waals surface area contributed by atoms with Crippen LogP contribution in [0.5, 0.6) is 0 Å². The molecule has 2 saturated carbocycles. The largest absolute Gasteiger partial charge is 0.335 e. The van der Waals surface area contributed by atoms with Gasteiger partial charge in [0.2, 0.25) is 0 Å². The van der Waals surface area contributed by atoms with Gasteiger partial charge in [-0.15, -0.1) is 11.3 Å². The zero-order valence-electron chi connectivity index (χ0n) is 14.3. The summed E-state index contributed by atoms with van der Waals surface area (Å²) in [6.07, 6.45) is 5.54. The number of aromatic nitrogens is 1. The van der Waals surface area contributed by atoms with Crippen LogP contribution in [0, 0.1) is 23.7 Å². The lowest BCUT2D eigenvalue weighted by Crippen LogP contribution is -2.50. The number of carbonyl (C=O) groups is 1. The van der Waals surface area contributed by atoms with Crippen molar-refractivity contribution in [2.24, 2.45) is 16.7 Å². The maximum atomic E-state index is 12.5. The van der Waals surface area contributed by atoms with Crippen LogP contribution in [0.2, 0.25) is 0 Å². The molecule has 122 valence electrons. The predicted octanol–water partition coefficient (Wildman–Crippen LogP) is 3.81. The van der Waals surface area contributed by atoms with Gasteiger partial charge < -0.3 is 10.2 Å². The second-order valence-corrected chi connectivity index (χ2v) is 9.13. The minimum Gasteiger partial charge on any atom is -0.335 e. The van der Waals surface area contributed by atoms with Crippen LogP contribution >= 0.6 is 11.3 Å². The Hall–Kier alpha value is -1.10. The summed E-state index contributed by atoms with van der Waals surface area (Å²) in [6, 6.07) is 0.347. The van der Waals surface area contributed by atoms with Crippen LogP contribution in [-0.4, -0.2) is 29.0 Å². The van der Waals surface area contributed by atoms with Crippen molar-refractivity contribution in [2.45, 2.75) is 59.5 Å². The molecular weight excluding hydrogens is 294 g/mol. The summed E-state index contributed by atoms with van der Waals surface area (Å²) < 4.78 is 0. The SMILES string of the molecule is Cc1ncc(CN(C)C(=O)NC2CC3CCC2(C)C3(C)C)s1. The van der Waals surface area contributed by atoms with Crippen LogP contribution in [0.25, 0.3) is 0 Å². The molecule has 4 nitrogen and oxygen atoms in total. The van der Waals surface area contributed by atoms with E-state index in [1.807, 2.05) is 20.2 Å². The van der Waals surface area contributed by atoms with E-state index in [-0.39, 0.29) is 11.4 Å². The molecule has 2 amide bonds. The molecule has 1 heterocycles. The van der Waals surface area contributed by atoms with Crippen LogP contribution in [0.4, 0.5) is 4.79 Å². The number of fused-ring (bicyclic) bond motifs is 2. The summed E-state index contributed by atoms with van der Waals surface area (Å²) in [4.78, 5) is 19.7. The minimum atomic E-state index is 0.0422. The van der Waals surface area contributed by atoms with E-state index < -0.39 is 0 Å². The Kier molecular flexibility index (Phi) is 3.75. The van der Waals surface area contributed by atoms with E-state index in [0.29, 0.717) is 18.0 Å². The van der Waals surface area contributed by atoms with Gasteiger partial charge in [0.25, 0.3) is 0 Å². The Morgan fingerprint density at radius 3 is 2.73 bits per heavy atom. The molecule has 1 N–H and O–H groups in total. The highest BCUT2D eigenvalue weighted by molar-refractivity contribution is 7.11. The number of rotatable bonds is 3. The molecule has 2 aliphatic carbocycles. The summed E-state index contributed by atoms with van der Waals surface area (Å²) in [7, 11) is 1.87. The molecule has 1 aromatic heterocycles. The highest BCUT2D eigenvalue weighted by Gasteiger charge is 2.61. The number of urea groups is 1. The molecule has 2 bridgehead atoms. The molecule has 0 radical (unpaired) electrons. The standard InChI is InChI=1S/C17H27N3OS/c1-11-18-9-13(22-11)10-20(5)15(21)19-14-8-12-6-7-17(14,4)16(12,2)3/h9,12,14H,6-8,10H2,1-5H3,(H,19,21). The molecule has 3 atom stereocenters. The molecule has 3 unspecified atom stereocenters. The highest BCUT2D eigenvalue weighted by atomic mass is 32.1. The number of hydrogen-bond donors (Lipinski definition) is 1. The van der Waals surface area contributed by atoms with Gasteiger partial charge in [-0.05, 0) is 42.9 Å². The van der Waals surface area contributed by atoms with Crippen LogP contribution in [0.1, 0.15) is 49.9 Å². The van der Waals surface area contributed by atoms with Gasteiger partial charge in [-0.2, -0.15) is 0 Å². The number of aryl methyl sites for hydroxylation is 1. The predicted molar refractivity (Wildman–Crippen MR) is 89.9 cm³/mol. The Balaban J connectivity index is 1.63. The molecule has 0 aliphatic heterocycles. The lowest BCUT2D eigenvalue weighted by Gasteiger charge is -2.40. The van der Waals surface area contributed by atoms with Crippen molar-refractivity contribution in [3.8, 4) is 0 Å². The van der Waals surface area contributed by atoms with E-state index in [0.717, 1.165) is 22.2 Å². The zero-order valence-corrected chi connectivity index (χ0v) is 15.1. The van der Waals surface area contributed by atoms with Gasteiger partial charge >= 0.3 is 6.03 Å². The monoisotopic (exact) mass is 321 g/mol. The quantitative estimate of drug-likeness (QED) is 0.920. The van der Waals surface area contributed by atoms with Crippen molar-refractivity contribution in [3.63, 3.8) is 0 Å². The molecule has 2 fully saturated rings. The molecule has 22 heavy (non-hydrogen) atoms. The molecular formula is C17H27N3OS. The minimum absolute atomic E-state index is 0.0422. The van der Waals surface area contributed by atoms with Gasteiger partial charge in [-0.3, -0.25) is 0 Å². The number of hydrogen-bond acceptors (Lipinski definition) is 3. The summed E-state index contributed by atoms with van der Waals surface area (Å²) in [5.74, 6) is 0.747. The van der Waals surface area contributed by atoms with E-state index in [1.165, 1.54) is 12.8 Å². The maximum Gasteiger partial charge on any atom is 0.317 e. The Morgan fingerprint density at radius 2 is 2.23 bits per heavy atom. The average Bonchev–Trinajstić information content (AvgIpc) is 2.99. The van der Waals surface area contributed by atoms with Crippen molar-refractivity contribution in [3.05, 3.63) is 16.1 Å². The molecule has 2 aliphatic rings. The molecule has 0 saturated heterocycles. The normalized spacial score (nSPS) is 32.2. The van der Waals surface area contributed by atoms with Crippen LogP contribution in [0.3, 0.4) is 0 Å². The van der Waals surface area contributed by atoms with Gasteiger partial charge in [0.05, 0.1) is 11.6 Å². The average molecular weight is 321 g/mol. The van der Waals surface area contributed by atoms with E-state index in [9.17, 15) is 4.79 Å². The van der Waals surface area contributed by atoms with E-state index >= 15 is 0 Å².